The average Bonchev–Trinajstić information content (AvgIpc) is 1.12. The van der Waals surface area contributed by atoms with Gasteiger partial charge in [-0.1, -0.05) is 0 Å². The molecule has 64 valence electrons. The van der Waals surface area contributed by atoms with Gasteiger partial charge in [0.1, 0.15) is 0 Å². The van der Waals surface area contributed by atoms with Crippen LogP contribution in [0.25, 0.3) is 0 Å². The monoisotopic (exact) mass is 185 g/mol. The Morgan fingerprint density at radius 2 is 1.50 bits per heavy atom. The van der Waals surface area contributed by atoms with Gasteiger partial charge >= 0.3 is 50.9 Å². The van der Waals surface area contributed by atoms with Crippen LogP contribution in [0.4, 0.5) is 21.0 Å². The van der Waals surface area contributed by atoms with Crippen LogP contribution in [0, 0.1) is 0 Å². The topological polar surface area (TPSA) is 26.3 Å². The van der Waals surface area contributed by atoms with Crippen molar-refractivity contribution in [2.45, 2.75) is 6.92 Å². The molecule has 10 heavy (non-hydrogen) atoms. The van der Waals surface area contributed by atoms with Crippen LogP contribution in [0.5, 0.6) is 0 Å². The van der Waals surface area contributed by atoms with E-state index in [9.17, 15) is 25.8 Å². The van der Waals surface area contributed by atoms with E-state index < -0.39 is 13.7 Å². The van der Waals surface area contributed by atoms with E-state index in [4.69, 9.17) is 0 Å². The Kier molecular flexibility index (Phi) is 1.35. The van der Waals surface area contributed by atoms with Crippen molar-refractivity contribution < 1.29 is 30.3 Å². The third-order valence-corrected chi connectivity index (χ3v) is 0.903. The molecular formula is C2H3F5O2P-. The summed E-state index contributed by atoms with van der Waals surface area (Å²) in [7, 11) is -10.2. The minimum absolute atomic E-state index is 0.253. The van der Waals surface area contributed by atoms with Gasteiger partial charge in [-0.25, -0.2) is 0 Å². The van der Waals surface area contributed by atoms with Crippen molar-refractivity contribution in [2.75, 3.05) is 0 Å². The summed E-state index contributed by atoms with van der Waals surface area (Å²) < 4.78 is 57.2. The maximum atomic E-state index is 11.0. The first-order valence-electron chi connectivity index (χ1n) is 1.94. The van der Waals surface area contributed by atoms with E-state index in [2.05, 4.69) is 0 Å². The maximum absolute atomic E-state index is 11.0. The Morgan fingerprint density at radius 3 is 1.50 bits per heavy atom. The fourth-order valence-corrected chi connectivity index (χ4v) is 0.729. The van der Waals surface area contributed by atoms with Crippen LogP contribution in [0.15, 0.2) is 0 Å². The molecule has 0 aliphatic rings. The van der Waals surface area contributed by atoms with Gasteiger partial charge in [-0.3, -0.25) is 0 Å². The second-order valence-corrected chi connectivity index (χ2v) is 3.72. The van der Waals surface area contributed by atoms with Crippen molar-refractivity contribution in [3.8, 4) is 0 Å². The van der Waals surface area contributed by atoms with Crippen molar-refractivity contribution in [3.05, 3.63) is 0 Å². The molecule has 0 unspecified atom stereocenters. The molecular weight excluding hydrogens is 182 g/mol. The van der Waals surface area contributed by atoms with Gasteiger partial charge in [-0.15, -0.1) is 0 Å². The second-order valence-electron chi connectivity index (χ2n) is 1.57. The zero-order chi connectivity index (χ0) is 8.69. The van der Waals surface area contributed by atoms with Crippen molar-refractivity contribution >= 4 is 13.7 Å². The van der Waals surface area contributed by atoms with E-state index in [0.29, 0.717) is 0 Å². The van der Waals surface area contributed by atoms with Crippen LogP contribution >= 0.6 is 7.72 Å². The molecule has 8 heteroatoms. The first-order chi connectivity index (χ1) is 3.89. The Bertz CT molecular complexity index is 165. The molecule has 0 rings (SSSR count). The average molecular weight is 185 g/mol. The van der Waals surface area contributed by atoms with Crippen molar-refractivity contribution in [1.29, 1.82) is 0 Å². The molecule has 0 fully saturated rings. The first-order valence-corrected chi connectivity index (χ1v) is 3.99. The Morgan fingerprint density at radius 1 is 1.20 bits per heavy atom. The fraction of sp³-hybridized carbons (Fsp3) is 0.500. The summed E-state index contributed by atoms with van der Waals surface area (Å²) in [5, 5.41) is 0. The summed E-state index contributed by atoms with van der Waals surface area (Å²) >= 11 is 0. The summed E-state index contributed by atoms with van der Waals surface area (Å²) in [4.78, 5) is 9.48. The van der Waals surface area contributed by atoms with Crippen molar-refractivity contribution in [2.24, 2.45) is 0 Å². The van der Waals surface area contributed by atoms with Crippen LogP contribution in [0.3, 0.4) is 0 Å². The molecule has 0 saturated heterocycles. The molecule has 0 radical (unpaired) electrons. The predicted molar refractivity (Wildman–Crippen MR) is 24.2 cm³/mol. The Labute approximate surface area is 52.2 Å². The number of rotatable bonds is 1. The molecule has 0 atom stereocenters. The van der Waals surface area contributed by atoms with E-state index in [-0.39, 0.29) is 6.92 Å². The molecule has 0 spiro atoms. The Hall–Kier alpha value is -0.450. The quantitative estimate of drug-likeness (QED) is 0.463. The van der Waals surface area contributed by atoms with E-state index in [1.165, 1.54) is 0 Å². The summed E-state index contributed by atoms with van der Waals surface area (Å²) in [6, 6.07) is 0. The fourth-order valence-electron chi connectivity index (χ4n) is 0.243. The molecule has 0 aromatic carbocycles. The second kappa shape index (κ2) is 1.42. The minimum atomic E-state index is -10.2. The van der Waals surface area contributed by atoms with Gasteiger partial charge in [0.25, 0.3) is 0 Å². The molecule has 0 heterocycles. The van der Waals surface area contributed by atoms with Crippen LogP contribution in [0.2, 0.25) is 0 Å². The molecule has 2 nitrogen and oxygen atoms in total. The zero-order valence-electron chi connectivity index (χ0n) is 4.65. The molecule has 0 aromatic rings. The normalized spacial score (nSPS) is 19.0. The number of carbonyl (C=O) groups excluding carboxylic acids is 1. The predicted octanol–water partition coefficient (Wildman–Crippen LogP) is 2.98. The third kappa shape index (κ3) is 7.55. The van der Waals surface area contributed by atoms with Gasteiger partial charge in [0.05, 0.1) is 0 Å². The molecule has 0 aliphatic heterocycles. The standard InChI is InChI=1S/C2H3F5O2P/c1-2(8)9-10(3,4,5,6)7/h1H3/q-1. The van der Waals surface area contributed by atoms with E-state index in [1.807, 2.05) is 4.52 Å². The Balaban J connectivity index is 4.59. The van der Waals surface area contributed by atoms with E-state index in [0.717, 1.165) is 0 Å². The first kappa shape index (κ1) is 9.55. The number of carbonyl (C=O) groups is 1. The molecule has 0 aromatic heterocycles. The molecule has 0 N–H and O–H groups in total. The van der Waals surface area contributed by atoms with Crippen molar-refractivity contribution in [3.63, 3.8) is 0 Å². The summed E-state index contributed by atoms with van der Waals surface area (Å²) in [5.41, 5.74) is 0. The number of halogens is 5. The molecule has 0 saturated carbocycles. The van der Waals surface area contributed by atoms with E-state index >= 15 is 0 Å². The number of hydrogen-bond donors (Lipinski definition) is 0. The molecule has 0 amide bonds. The van der Waals surface area contributed by atoms with Crippen LogP contribution in [0.1, 0.15) is 6.92 Å². The summed E-state index contributed by atoms with van der Waals surface area (Å²) in [5.74, 6) is -2.06. The molecule has 0 bridgehead atoms. The van der Waals surface area contributed by atoms with Gasteiger partial charge in [0.2, 0.25) is 0 Å². The van der Waals surface area contributed by atoms with Crippen LogP contribution < -0.4 is 0 Å². The summed E-state index contributed by atoms with van der Waals surface area (Å²) in [6.07, 6.45) is 0. The number of hydrogen-bond acceptors (Lipinski definition) is 2. The third-order valence-electron chi connectivity index (χ3n) is 0.301. The van der Waals surface area contributed by atoms with Gasteiger partial charge in [0.15, 0.2) is 0 Å². The summed E-state index contributed by atoms with van der Waals surface area (Å²) in [6.45, 7) is 0.253. The van der Waals surface area contributed by atoms with Crippen molar-refractivity contribution in [1.82, 2.24) is 0 Å². The SMILES string of the molecule is CC(=O)O[P-](F)(F)(F)(F)F. The van der Waals surface area contributed by atoms with Gasteiger partial charge < -0.3 is 0 Å². The van der Waals surface area contributed by atoms with Crippen LogP contribution in [-0.2, 0) is 9.32 Å². The zero-order valence-corrected chi connectivity index (χ0v) is 5.55. The van der Waals surface area contributed by atoms with Gasteiger partial charge in [0, 0.05) is 0 Å². The van der Waals surface area contributed by atoms with Gasteiger partial charge in [-0.2, -0.15) is 0 Å². The molecule has 0 aliphatic carbocycles. The van der Waals surface area contributed by atoms with Gasteiger partial charge in [-0.05, 0) is 0 Å². The van der Waals surface area contributed by atoms with E-state index in [1.54, 1.807) is 0 Å². The van der Waals surface area contributed by atoms with Crippen LogP contribution in [-0.4, -0.2) is 5.97 Å².